The van der Waals surface area contributed by atoms with Crippen LogP contribution in [0.4, 0.5) is 5.69 Å². The molecule has 0 unspecified atom stereocenters. The molecule has 1 saturated heterocycles. The van der Waals surface area contributed by atoms with Crippen LogP contribution in [0.25, 0.3) is 5.69 Å². The van der Waals surface area contributed by atoms with Crippen molar-refractivity contribution in [1.29, 1.82) is 0 Å². The van der Waals surface area contributed by atoms with Gasteiger partial charge in [-0.15, -0.1) is 0 Å². The summed E-state index contributed by atoms with van der Waals surface area (Å²) < 4.78 is 1.63. The van der Waals surface area contributed by atoms with E-state index in [4.69, 9.17) is 11.6 Å². The Kier molecular flexibility index (Phi) is 6.34. The predicted octanol–water partition coefficient (Wildman–Crippen LogP) is 3.44. The molecule has 0 radical (unpaired) electrons. The van der Waals surface area contributed by atoms with Gasteiger partial charge >= 0.3 is 0 Å². The molecule has 160 valence electrons. The van der Waals surface area contributed by atoms with Crippen molar-refractivity contribution >= 4 is 29.1 Å². The van der Waals surface area contributed by atoms with Crippen LogP contribution in [-0.2, 0) is 11.3 Å². The van der Waals surface area contributed by atoms with Crippen LogP contribution < -0.4 is 5.32 Å². The molecule has 2 aromatic carbocycles. The molecule has 0 saturated carbocycles. The fraction of sp³-hybridized carbons (Fsp3) is 0.261. The van der Waals surface area contributed by atoms with E-state index in [9.17, 15) is 9.59 Å². The molecule has 2 amide bonds. The first kappa shape index (κ1) is 21.1. The SMILES string of the molecule is CC(=O)N1CCN(Cc2ccccc2NC(=O)c2cnn(-c3cccc(Cl)c3)c2)CC1. The summed E-state index contributed by atoms with van der Waals surface area (Å²) in [5.74, 6) is -0.104. The monoisotopic (exact) mass is 437 g/mol. The fourth-order valence-corrected chi connectivity index (χ4v) is 3.82. The van der Waals surface area contributed by atoms with Crippen molar-refractivity contribution in [2.24, 2.45) is 0 Å². The summed E-state index contributed by atoms with van der Waals surface area (Å²) in [7, 11) is 0. The highest BCUT2D eigenvalue weighted by Gasteiger charge is 2.20. The minimum atomic E-state index is -0.220. The third kappa shape index (κ3) is 5.13. The molecule has 1 fully saturated rings. The number of nitrogens with zero attached hydrogens (tertiary/aromatic N) is 4. The maximum atomic E-state index is 12.8. The summed E-state index contributed by atoms with van der Waals surface area (Å²) in [6, 6.07) is 15.1. The Morgan fingerprint density at radius 1 is 1.06 bits per heavy atom. The van der Waals surface area contributed by atoms with E-state index in [0.717, 1.165) is 43.1 Å². The molecule has 31 heavy (non-hydrogen) atoms. The molecule has 4 rings (SSSR count). The first-order chi connectivity index (χ1) is 15.0. The minimum absolute atomic E-state index is 0.116. The number of anilines is 1. The number of amides is 2. The molecular formula is C23H24ClN5O2. The number of hydrogen-bond acceptors (Lipinski definition) is 4. The van der Waals surface area contributed by atoms with Crippen LogP contribution >= 0.6 is 11.6 Å². The van der Waals surface area contributed by atoms with Crippen LogP contribution in [0.1, 0.15) is 22.8 Å². The number of piperazine rings is 1. The molecule has 0 bridgehead atoms. The number of benzene rings is 2. The van der Waals surface area contributed by atoms with Crippen LogP contribution in [-0.4, -0.2) is 57.6 Å². The Morgan fingerprint density at radius 3 is 2.58 bits per heavy atom. The van der Waals surface area contributed by atoms with E-state index in [1.54, 1.807) is 36.1 Å². The van der Waals surface area contributed by atoms with Crippen LogP contribution in [0, 0.1) is 0 Å². The average molecular weight is 438 g/mol. The maximum Gasteiger partial charge on any atom is 0.258 e. The maximum absolute atomic E-state index is 12.8. The molecule has 2 heterocycles. The summed E-state index contributed by atoms with van der Waals surface area (Å²) in [5.41, 5.74) is 3.06. The number of carbonyl (C=O) groups is 2. The summed E-state index contributed by atoms with van der Waals surface area (Å²) >= 11 is 6.05. The molecular weight excluding hydrogens is 414 g/mol. The Hall–Kier alpha value is -3.16. The fourth-order valence-electron chi connectivity index (χ4n) is 3.64. The molecule has 1 aliphatic heterocycles. The number of para-hydroxylation sites is 1. The molecule has 0 atom stereocenters. The van der Waals surface area contributed by atoms with Crippen molar-refractivity contribution in [2.75, 3.05) is 31.5 Å². The second-order valence-electron chi connectivity index (χ2n) is 7.55. The Balaban J connectivity index is 1.43. The number of hydrogen-bond donors (Lipinski definition) is 1. The Labute approximate surface area is 186 Å². The van der Waals surface area contributed by atoms with Gasteiger partial charge in [-0.25, -0.2) is 4.68 Å². The molecule has 8 heteroatoms. The van der Waals surface area contributed by atoms with Gasteiger partial charge in [-0.2, -0.15) is 5.10 Å². The van der Waals surface area contributed by atoms with Gasteiger partial charge in [0.25, 0.3) is 5.91 Å². The van der Waals surface area contributed by atoms with E-state index in [0.29, 0.717) is 17.1 Å². The van der Waals surface area contributed by atoms with Crippen molar-refractivity contribution in [3.8, 4) is 5.69 Å². The van der Waals surface area contributed by atoms with E-state index in [1.165, 1.54) is 0 Å². The van der Waals surface area contributed by atoms with E-state index < -0.39 is 0 Å². The highest BCUT2D eigenvalue weighted by molar-refractivity contribution is 6.30. The van der Waals surface area contributed by atoms with Gasteiger partial charge in [-0.1, -0.05) is 35.9 Å². The molecule has 1 aromatic heterocycles. The molecule has 3 aromatic rings. The molecule has 0 spiro atoms. The summed E-state index contributed by atoms with van der Waals surface area (Å²) in [6.07, 6.45) is 3.23. The van der Waals surface area contributed by atoms with Crippen molar-refractivity contribution < 1.29 is 9.59 Å². The lowest BCUT2D eigenvalue weighted by Crippen LogP contribution is -2.47. The smallest absolute Gasteiger partial charge is 0.258 e. The predicted molar refractivity (Wildman–Crippen MR) is 121 cm³/mol. The van der Waals surface area contributed by atoms with Gasteiger partial charge in [0.05, 0.1) is 17.4 Å². The number of nitrogens with one attached hydrogen (secondary N) is 1. The first-order valence-electron chi connectivity index (χ1n) is 10.2. The van der Waals surface area contributed by atoms with Gasteiger partial charge in [-0.3, -0.25) is 14.5 Å². The van der Waals surface area contributed by atoms with Crippen LogP contribution in [0.5, 0.6) is 0 Å². The topological polar surface area (TPSA) is 70.5 Å². The van der Waals surface area contributed by atoms with Gasteiger partial charge in [-0.05, 0) is 29.8 Å². The van der Waals surface area contributed by atoms with Crippen molar-refractivity contribution in [1.82, 2.24) is 19.6 Å². The normalized spacial score (nSPS) is 14.5. The van der Waals surface area contributed by atoms with Crippen LogP contribution in [0.2, 0.25) is 5.02 Å². The molecule has 1 N–H and O–H groups in total. The van der Waals surface area contributed by atoms with Gasteiger partial charge in [0.15, 0.2) is 0 Å². The van der Waals surface area contributed by atoms with Gasteiger partial charge in [0.1, 0.15) is 0 Å². The van der Waals surface area contributed by atoms with E-state index in [2.05, 4.69) is 15.3 Å². The minimum Gasteiger partial charge on any atom is -0.340 e. The lowest BCUT2D eigenvalue weighted by Gasteiger charge is -2.34. The molecule has 7 nitrogen and oxygen atoms in total. The third-order valence-corrected chi connectivity index (χ3v) is 5.63. The summed E-state index contributed by atoms with van der Waals surface area (Å²) in [4.78, 5) is 28.5. The van der Waals surface area contributed by atoms with Crippen LogP contribution in [0.15, 0.2) is 60.9 Å². The largest absolute Gasteiger partial charge is 0.340 e. The number of halogens is 1. The van der Waals surface area contributed by atoms with Gasteiger partial charge in [0.2, 0.25) is 5.91 Å². The Morgan fingerprint density at radius 2 is 1.84 bits per heavy atom. The molecule has 1 aliphatic rings. The zero-order valence-electron chi connectivity index (χ0n) is 17.3. The Bertz CT molecular complexity index is 1090. The lowest BCUT2D eigenvalue weighted by atomic mass is 10.1. The third-order valence-electron chi connectivity index (χ3n) is 5.39. The van der Waals surface area contributed by atoms with Crippen molar-refractivity contribution in [2.45, 2.75) is 13.5 Å². The second-order valence-corrected chi connectivity index (χ2v) is 7.98. The summed E-state index contributed by atoms with van der Waals surface area (Å²) in [5, 5.41) is 7.90. The average Bonchev–Trinajstić information content (AvgIpc) is 3.26. The first-order valence-corrected chi connectivity index (χ1v) is 10.5. The zero-order chi connectivity index (χ0) is 21.8. The van der Waals surface area contributed by atoms with E-state index in [-0.39, 0.29) is 11.8 Å². The highest BCUT2D eigenvalue weighted by atomic mass is 35.5. The molecule has 0 aliphatic carbocycles. The number of aromatic nitrogens is 2. The number of rotatable bonds is 5. The van der Waals surface area contributed by atoms with Gasteiger partial charge in [0, 0.05) is 56.6 Å². The number of carbonyl (C=O) groups excluding carboxylic acids is 2. The summed E-state index contributed by atoms with van der Waals surface area (Å²) in [6.45, 7) is 5.40. The lowest BCUT2D eigenvalue weighted by molar-refractivity contribution is -0.130. The standard InChI is InChI=1S/C23H24ClN5O2/c1-17(30)28-11-9-27(10-12-28)15-18-5-2-3-8-22(18)26-23(31)19-14-25-29(16-19)21-7-4-6-20(24)13-21/h2-8,13-14,16H,9-12,15H2,1H3,(H,26,31). The second kappa shape index (κ2) is 9.32. The van der Waals surface area contributed by atoms with Gasteiger partial charge < -0.3 is 10.2 Å². The quantitative estimate of drug-likeness (QED) is 0.663. The van der Waals surface area contributed by atoms with Crippen LogP contribution in [0.3, 0.4) is 0 Å². The van der Waals surface area contributed by atoms with E-state index >= 15 is 0 Å². The zero-order valence-corrected chi connectivity index (χ0v) is 18.0. The highest BCUT2D eigenvalue weighted by Crippen LogP contribution is 2.20. The van der Waals surface area contributed by atoms with Crippen molar-refractivity contribution in [3.05, 3.63) is 77.1 Å². The van der Waals surface area contributed by atoms with Crippen molar-refractivity contribution in [3.63, 3.8) is 0 Å². The van der Waals surface area contributed by atoms with E-state index in [1.807, 2.05) is 41.3 Å².